The highest BCUT2D eigenvalue weighted by Crippen LogP contribution is 2.22. The Balaban J connectivity index is 2.73. The van der Waals surface area contributed by atoms with Gasteiger partial charge in [0.15, 0.2) is 0 Å². The summed E-state index contributed by atoms with van der Waals surface area (Å²) < 4.78 is 5.07. The summed E-state index contributed by atoms with van der Waals surface area (Å²) in [5, 5.41) is 2.15. The highest BCUT2D eigenvalue weighted by Gasteiger charge is 2.46. The summed E-state index contributed by atoms with van der Waals surface area (Å²) in [5.74, 6) is -1.05. The molecule has 6 heteroatoms. The van der Waals surface area contributed by atoms with Gasteiger partial charge in [-0.1, -0.05) is 0 Å². The SMILES string of the molecule is CCOCCN1C(=O)NC(=O)C(C)(C)C1=O. The molecule has 0 bridgehead atoms. The van der Waals surface area contributed by atoms with Gasteiger partial charge in [-0.15, -0.1) is 0 Å². The van der Waals surface area contributed by atoms with Gasteiger partial charge in [0.1, 0.15) is 5.41 Å². The predicted molar refractivity (Wildman–Crippen MR) is 55.5 cm³/mol. The van der Waals surface area contributed by atoms with Crippen molar-refractivity contribution in [2.24, 2.45) is 5.41 Å². The minimum absolute atomic E-state index is 0.162. The average molecular weight is 228 g/mol. The highest BCUT2D eigenvalue weighted by atomic mass is 16.5. The summed E-state index contributed by atoms with van der Waals surface area (Å²) in [6, 6.07) is -0.672. The largest absolute Gasteiger partial charge is 0.380 e. The van der Waals surface area contributed by atoms with Crippen LogP contribution < -0.4 is 5.32 Å². The summed E-state index contributed by atoms with van der Waals surface area (Å²) in [4.78, 5) is 35.7. The molecule has 0 aliphatic carbocycles. The lowest BCUT2D eigenvalue weighted by Gasteiger charge is -2.34. The van der Waals surface area contributed by atoms with Gasteiger partial charge < -0.3 is 4.74 Å². The summed E-state index contributed by atoms with van der Waals surface area (Å²) >= 11 is 0. The lowest BCUT2D eigenvalue weighted by molar-refractivity contribution is -0.149. The first-order valence-corrected chi connectivity index (χ1v) is 5.16. The van der Waals surface area contributed by atoms with E-state index in [1.807, 2.05) is 6.92 Å². The first kappa shape index (κ1) is 12.6. The molecular weight excluding hydrogens is 212 g/mol. The van der Waals surface area contributed by atoms with Crippen LogP contribution >= 0.6 is 0 Å². The molecule has 4 amide bonds. The van der Waals surface area contributed by atoms with Crippen LogP contribution in [0.2, 0.25) is 0 Å². The van der Waals surface area contributed by atoms with Crippen LogP contribution in [0.4, 0.5) is 4.79 Å². The second-order valence-electron chi connectivity index (χ2n) is 4.04. The molecule has 90 valence electrons. The molecular formula is C10H16N2O4. The Morgan fingerprint density at radius 2 is 1.94 bits per heavy atom. The molecule has 1 rings (SSSR count). The third-order valence-corrected chi connectivity index (χ3v) is 2.48. The highest BCUT2D eigenvalue weighted by molar-refractivity contribution is 6.18. The van der Waals surface area contributed by atoms with Gasteiger partial charge in [-0.2, -0.15) is 0 Å². The first-order valence-electron chi connectivity index (χ1n) is 5.16. The molecule has 0 aromatic rings. The van der Waals surface area contributed by atoms with Crippen molar-refractivity contribution in [2.75, 3.05) is 19.8 Å². The zero-order chi connectivity index (χ0) is 12.3. The van der Waals surface area contributed by atoms with Crippen LogP contribution in [0.3, 0.4) is 0 Å². The van der Waals surface area contributed by atoms with E-state index in [9.17, 15) is 14.4 Å². The molecule has 1 aliphatic rings. The van der Waals surface area contributed by atoms with Crippen LogP contribution in [0.25, 0.3) is 0 Å². The van der Waals surface area contributed by atoms with Gasteiger partial charge in [0, 0.05) is 6.61 Å². The van der Waals surface area contributed by atoms with Crippen molar-refractivity contribution >= 4 is 17.8 Å². The maximum atomic E-state index is 11.9. The Labute approximate surface area is 93.9 Å². The lowest BCUT2D eigenvalue weighted by Crippen LogP contribution is -2.62. The Morgan fingerprint density at radius 1 is 1.31 bits per heavy atom. The van der Waals surface area contributed by atoms with E-state index in [0.717, 1.165) is 4.90 Å². The third kappa shape index (κ3) is 2.21. The number of rotatable bonds is 4. The number of amides is 4. The Hall–Kier alpha value is -1.43. The molecule has 1 aliphatic heterocycles. The summed E-state index contributed by atoms with van der Waals surface area (Å²) in [5.41, 5.74) is -1.19. The second-order valence-corrected chi connectivity index (χ2v) is 4.04. The predicted octanol–water partition coefficient (Wildman–Crippen LogP) is 0.127. The summed E-state index contributed by atoms with van der Waals surface area (Å²) in [6.07, 6.45) is 0. The molecule has 0 aromatic carbocycles. The minimum Gasteiger partial charge on any atom is -0.380 e. The van der Waals surface area contributed by atoms with Crippen LogP contribution in [-0.4, -0.2) is 42.5 Å². The van der Waals surface area contributed by atoms with Gasteiger partial charge >= 0.3 is 6.03 Å². The van der Waals surface area contributed by atoms with Crippen LogP contribution in [0.5, 0.6) is 0 Å². The Kier molecular flexibility index (Phi) is 3.64. The second kappa shape index (κ2) is 4.61. The van der Waals surface area contributed by atoms with Gasteiger partial charge in [0.2, 0.25) is 11.8 Å². The van der Waals surface area contributed by atoms with E-state index in [0.29, 0.717) is 6.61 Å². The number of nitrogens with zero attached hydrogens (tertiary/aromatic N) is 1. The van der Waals surface area contributed by atoms with Gasteiger partial charge in [-0.05, 0) is 20.8 Å². The van der Waals surface area contributed by atoms with E-state index >= 15 is 0 Å². The molecule has 1 saturated heterocycles. The van der Waals surface area contributed by atoms with Crippen molar-refractivity contribution in [1.29, 1.82) is 0 Å². The minimum atomic E-state index is -1.19. The number of nitrogens with one attached hydrogen (secondary N) is 1. The zero-order valence-electron chi connectivity index (χ0n) is 9.70. The molecule has 16 heavy (non-hydrogen) atoms. The van der Waals surface area contributed by atoms with Gasteiger partial charge in [0.25, 0.3) is 0 Å². The molecule has 0 unspecified atom stereocenters. The number of urea groups is 1. The van der Waals surface area contributed by atoms with Gasteiger partial charge in [-0.3, -0.25) is 19.8 Å². The van der Waals surface area contributed by atoms with E-state index in [-0.39, 0.29) is 13.2 Å². The quantitative estimate of drug-likeness (QED) is 0.548. The van der Waals surface area contributed by atoms with Crippen LogP contribution in [0.15, 0.2) is 0 Å². The lowest BCUT2D eigenvalue weighted by atomic mass is 9.89. The summed E-state index contributed by atoms with van der Waals surface area (Å²) in [6.45, 7) is 5.77. The van der Waals surface area contributed by atoms with Crippen molar-refractivity contribution in [1.82, 2.24) is 10.2 Å². The molecule has 1 heterocycles. The van der Waals surface area contributed by atoms with Crippen LogP contribution in [-0.2, 0) is 14.3 Å². The number of hydrogen-bond donors (Lipinski definition) is 1. The number of carbonyl (C=O) groups is 3. The topological polar surface area (TPSA) is 75.7 Å². The maximum absolute atomic E-state index is 11.9. The van der Waals surface area contributed by atoms with Crippen molar-refractivity contribution < 1.29 is 19.1 Å². The fraction of sp³-hybridized carbons (Fsp3) is 0.700. The standard InChI is InChI=1S/C10H16N2O4/c1-4-16-6-5-12-8(14)10(2,3)7(13)11-9(12)15/h4-6H2,1-3H3,(H,11,13,15). The number of carbonyl (C=O) groups excluding carboxylic acids is 3. The Morgan fingerprint density at radius 3 is 2.50 bits per heavy atom. The van der Waals surface area contributed by atoms with Crippen LogP contribution in [0.1, 0.15) is 20.8 Å². The number of imide groups is 2. The zero-order valence-corrected chi connectivity index (χ0v) is 9.70. The molecule has 0 atom stereocenters. The number of hydrogen-bond acceptors (Lipinski definition) is 4. The van der Waals surface area contributed by atoms with Crippen LogP contribution in [0, 0.1) is 5.41 Å². The number of ether oxygens (including phenoxy) is 1. The maximum Gasteiger partial charge on any atom is 0.330 e. The smallest absolute Gasteiger partial charge is 0.330 e. The molecule has 6 nitrogen and oxygen atoms in total. The monoisotopic (exact) mass is 228 g/mol. The van der Waals surface area contributed by atoms with Crippen molar-refractivity contribution in [2.45, 2.75) is 20.8 Å². The van der Waals surface area contributed by atoms with Crippen molar-refractivity contribution in [3.8, 4) is 0 Å². The van der Waals surface area contributed by atoms with E-state index < -0.39 is 23.3 Å². The van der Waals surface area contributed by atoms with Crippen molar-refractivity contribution in [3.05, 3.63) is 0 Å². The van der Waals surface area contributed by atoms with E-state index in [2.05, 4.69) is 5.32 Å². The third-order valence-electron chi connectivity index (χ3n) is 2.48. The van der Waals surface area contributed by atoms with E-state index in [4.69, 9.17) is 4.74 Å². The van der Waals surface area contributed by atoms with Crippen molar-refractivity contribution in [3.63, 3.8) is 0 Å². The molecule has 1 N–H and O–H groups in total. The molecule has 0 radical (unpaired) electrons. The Bertz CT molecular complexity index is 325. The molecule has 0 saturated carbocycles. The normalized spacial score (nSPS) is 19.9. The van der Waals surface area contributed by atoms with E-state index in [1.54, 1.807) is 0 Å². The van der Waals surface area contributed by atoms with E-state index in [1.165, 1.54) is 13.8 Å². The molecule has 0 spiro atoms. The van der Waals surface area contributed by atoms with Gasteiger partial charge in [-0.25, -0.2) is 4.79 Å². The van der Waals surface area contributed by atoms with Gasteiger partial charge in [0.05, 0.1) is 13.2 Å². The molecule has 1 fully saturated rings. The fourth-order valence-corrected chi connectivity index (χ4v) is 1.35. The molecule has 0 aromatic heterocycles. The fourth-order valence-electron chi connectivity index (χ4n) is 1.35. The number of barbiturate groups is 1. The summed E-state index contributed by atoms with van der Waals surface area (Å²) in [7, 11) is 0. The first-order chi connectivity index (χ1) is 7.41. The average Bonchev–Trinajstić information content (AvgIpc) is 2.21.